The molecule has 0 amide bonds. The molecule has 2 aliphatic carbocycles. The standard InChI is InChI=1S/C53H45N/c1-52(2,3)39-29-33-49(45(34-39)37-20-10-7-11-21-37)54(40-30-31-48-46(35-40)43-25-16-17-27-47(43)53(48,4)5)50-32-28-38-22-12-13-24-42(38)51(50)44-26-15-14-23-41(44)36-18-8-6-9-19-36/h6-10,12-20,22-27,29-31,33-35H,11,21H2,1-5H3. The van der Waals surface area contributed by atoms with Gasteiger partial charge in [0.25, 0.3) is 0 Å². The molecule has 9 rings (SSSR count). The van der Waals surface area contributed by atoms with Crippen LogP contribution in [-0.4, -0.2) is 0 Å². The van der Waals surface area contributed by atoms with Gasteiger partial charge in [0.05, 0.1) is 5.69 Å². The Labute approximate surface area is 321 Å². The van der Waals surface area contributed by atoms with Crippen molar-refractivity contribution in [1.29, 1.82) is 0 Å². The number of nitrogens with zero attached hydrogens (tertiary/aromatic N) is 1. The summed E-state index contributed by atoms with van der Waals surface area (Å²) in [5, 5.41) is 2.20. The van der Waals surface area contributed by atoms with E-state index in [-0.39, 0.29) is 10.8 Å². The lowest BCUT2D eigenvalue weighted by Crippen LogP contribution is -2.17. The maximum absolute atomic E-state index is 3.80. The van der Waals surface area contributed by atoms with E-state index >= 15 is 0 Å². The molecule has 54 heavy (non-hydrogen) atoms. The highest BCUT2D eigenvalue weighted by atomic mass is 15.1. The molecule has 0 radical (unpaired) electrons. The zero-order chi connectivity index (χ0) is 37.0. The van der Waals surface area contributed by atoms with Crippen LogP contribution in [-0.2, 0) is 10.8 Å². The molecule has 262 valence electrons. The summed E-state index contributed by atoms with van der Waals surface area (Å²) in [7, 11) is 0. The van der Waals surface area contributed by atoms with Crippen molar-refractivity contribution < 1.29 is 0 Å². The van der Waals surface area contributed by atoms with E-state index in [4.69, 9.17) is 0 Å². The van der Waals surface area contributed by atoms with Gasteiger partial charge in [0, 0.05) is 33.0 Å². The van der Waals surface area contributed by atoms with E-state index in [0.717, 1.165) is 46.2 Å². The molecule has 0 atom stereocenters. The van der Waals surface area contributed by atoms with E-state index in [9.17, 15) is 0 Å². The van der Waals surface area contributed by atoms with Gasteiger partial charge in [-0.05, 0) is 105 Å². The predicted molar refractivity (Wildman–Crippen MR) is 230 cm³/mol. The Bertz CT molecular complexity index is 2610. The Morgan fingerprint density at radius 3 is 2.09 bits per heavy atom. The highest BCUT2D eigenvalue weighted by molar-refractivity contribution is 6.07. The van der Waals surface area contributed by atoms with Crippen LogP contribution in [0.25, 0.3) is 49.7 Å². The maximum atomic E-state index is 3.80. The average molecular weight is 696 g/mol. The minimum atomic E-state index is -0.0866. The second-order valence-electron chi connectivity index (χ2n) is 16.3. The van der Waals surface area contributed by atoms with E-state index in [1.165, 1.54) is 55.6 Å². The first-order valence-corrected chi connectivity index (χ1v) is 19.3. The smallest absolute Gasteiger partial charge is 0.106 e. The highest BCUT2D eigenvalue weighted by Crippen LogP contribution is 2.53. The largest absolute Gasteiger partial charge is 0.302 e. The molecule has 0 aromatic heterocycles. The van der Waals surface area contributed by atoms with Crippen LogP contribution in [0.2, 0.25) is 0 Å². The highest BCUT2D eigenvalue weighted by Gasteiger charge is 2.36. The summed E-state index contributed by atoms with van der Waals surface area (Å²) >= 11 is 0. The molecule has 7 aromatic rings. The summed E-state index contributed by atoms with van der Waals surface area (Å²) in [6.07, 6.45) is 8.84. The zero-order valence-corrected chi connectivity index (χ0v) is 31.9. The second kappa shape index (κ2) is 13.1. The van der Waals surface area contributed by atoms with Gasteiger partial charge in [-0.1, -0.05) is 168 Å². The van der Waals surface area contributed by atoms with Crippen molar-refractivity contribution in [2.75, 3.05) is 4.90 Å². The van der Waals surface area contributed by atoms with Crippen molar-refractivity contribution in [3.8, 4) is 33.4 Å². The lowest BCUT2D eigenvalue weighted by molar-refractivity contribution is 0.590. The molecular weight excluding hydrogens is 651 g/mol. The number of hydrogen-bond donors (Lipinski definition) is 0. The van der Waals surface area contributed by atoms with Gasteiger partial charge in [-0.25, -0.2) is 0 Å². The van der Waals surface area contributed by atoms with E-state index in [0.29, 0.717) is 0 Å². The number of benzene rings is 6. The Balaban J connectivity index is 1.39. The Hall–Kier alpha value is -6.10. The molecular formula is C53H45N. The molecule has 1 nitrogen and oxygen atoms in total. The monoisotopic (exact) mass is 695 g/mol. The quantitative estimate of drug-likeness (QED) is 0.167. The average Bonchev–Trinajstić information content (AvgIpc) is 3.43. The SMILES string of the molecule is CC(C)(C)c1ccc(N(c2ccc3c(c2)-c2ccccc2C3(C)C)c2c#cc3ccccc3c2-c2ccccc2-c2ccccc2)c(C2=CC=CCC2)c1. The van der Waals surface area contributed by atoms with Gasteiger partial charge in [-0.3, -0.25) is 0 Å². The van der Waals surface area contributed by atoms with Gasteiger partial charge in [0.1, 0.15) is 5.69 Å². The number of fused-ring (bicyclic) bond motifs is 4. The number of allylic oxidation sites excluding steroid dienone is 4. The number of hydrogen-bond acceptors (Lipinski definition) is 1. The van der Waals surface area contributed by atoms with E-state index in [1.807, 2.05) is 0 Å². The fourth-order valence-electron chi connectivity index (χ4n) is 8.66. The van der Waals surface area contributed by atoms with Crippen LogP contribution >= 0.6 is 0 Å². The fourth-order valence-corrected chi connectivity index (χ4v) is 8.66. The minimum Gasteiger partial charge on any atom is -0.302 e. The van der Waals surface area contributed by atoms with Crippen LogP contribution in [0.4, 0.5) is 17.1 Å². The third-order valence-electron chi connectivity index (χ3n) is 11.5. The van der Waals surface area contributed by atoms with E-state index in [1.54, 1.807) is 0 Å². The van der Waals surface area contributed by atoms with Crippen LogP contribution in [0.15, 0.2) is 158 Å². The summed E-state index contributed by atoms with van der Waals surface area (Å²) in [5.74, 6) is 0. The van der Waals surface area contributed by atoms with Crippen LogP contribution in [0.3, 0.4) is 0 Å². The molecule has 1 heteroatoms. The van der Waals surface area contributed by atoms with Crippen LogP contribution < -0.4 is 4.90 Å². The minimum absolute atomic E-state index is 0.00528. The molecule has 2 aliphatic rings. The first-order chi connectivity index (χ1) is 26.2. The summed E-state index contributed by atoms with van der Waals surface area (Å²) in [6.45, 7) is 11.6. The molecule has 0 fully saturated rings. The maximum Gasteiger partial charge on any atom is 0.106 e. The van der Waals surface area contributed by atoms with Gasteiger partial charge in [-0.15, -0.1) is 0 Å². The third kappa shape index (κ3) is 5.66. The Morgan fingerprint density at radius 2 is 1.31 bits per heavy atom. The first kappa shape index (κ1) is 33.7. The van der Waals surface area contributed by atoms with Crippen molar-refractivity contribution in [2.24, 2.45) is 0 Å². The molecule has 0 spiro atoms. The van der Waals surface area contributed by atoms with Gasteiger partial charge < -0.3 is 4.90 Å². The van der Waals surface area contributed by atoms with Crippen molar-refractivity contribution >= 4 is 33.4 Å². The van der Waals surface area contributed by atoms with Gasteiger partial charge in [0.15, 0.2) is 0 Å². The second-order valence-corrected chi connectivity index (χ2v) is 16.3. The fraction of sp³-hybridized carbons (Fsp3) is 0.170. The molecule has 0 N–H and O–H groups in total. The van der Waals surface area contributed by atoms with Crippen LogP contribution in [0.5, 0.6) is 0 Å². The van der Waals surface area contributed by atoms with Crippen molar-refractivity contribution in [2.45, 2.75) is 58.3 Å². The molecule has 0 unspecified atom stereocenters. The van der Waals surface area contributed by atoms with Crippen LogP contribution in [0.1, 0.15) is 69.7 Å². The number of rotatable bonds is 6. The van der Waals surface area contributed by atoms with E-state index in [2.05, 4.69) is 209 Å². The van der Waals surface area contributed by atoms with Crippen LogP contribution in [0, 0.1) is 12.1 Å². The summed E-state index contributed by atoms with van der Waals surface area (Å²) in [6, 6.07) is 58.9. The van der Waals surface area contributed by atoms with Gasteiger partial charge >= 0.3 is 0 Å². The van der Waals surface area contributed by atoms with Crippen molar-refractivity contribution in [3.05, 3.63) is 192 Å². The molecule has 0 heterocycles. The van der Waals surface area contributed by atoms with Gasteiger partial charge in [0.2, 0.25) is 0 Å². The predicted octanol–water partition coefficient (Wildman–Crippen LogP) is 14.6. The Kier molecular flexibility index (Phi) is 8.17. The molecule has 0 saturated heterocycles. The van der Waals surface area contributed by atoms with Gasteiger partial charge in [-0.2, -0.15) is 0 Å². The topological polar surface area (TPSA) is 3.24 Å². The van der Waals surface area contributed by atoms with E-state index < -0.39 is 0 Å². The molecule has 0 saturated carbocycles. The number of anilines is 3. The Morgan fingerprint density at radius 1 is 0.611 bits per heavy atom. The van der Waals surface area contributed by atoms with Crippen molar-refractivity contribution in [3.63, 3.8) is 0 Å². The third-order valence-corrected chi connectivity index (χ3v) is 11.5. The first-order valence-electron chi connectivity index (χ1n) is 19.3. The normalized spacial score (nSPS) is 14.3. The van der Waals surface area contributed by atoms with Crippen molar-refractivity contribution in [1.82, 2.24) is 0 Å². The molecule has 7 aromatic carbocycles. The summed E-state index contributed by atoms with van der Waals surface area (Å²) in [4.78, 5) is 2.48. The molecule has 0 bridgehead atoms. The summed E-state index contributed by atoms with van der Waals surface area (Å²) < 4.78 is 0. The summed E-state index contributed by atoms with van der Waals surface area (Å²) in [5.41, 5.74) is 17.1. The lowest BCUT2D eigenvalue weighted by atomic mass is 9.82. The molecule has 0 aliphatic heterocycles. The zero-order valence-electron chi connectivity index (χ0n) is 31.9. The lowest BCUT2D eigenvalue weighted by Gasteiger charge is -2.32.